The van der Waals surface area contributed by atoms with Gasteiger partial charge in [0.05, 0.1) is 6.61 Å². The van der Waals surface area contributed by atoms with Crippen molar-refractivity contribution in [2.75, 3.05) is 13.2 Å². The number of aliphatic imine (C=N–C) groups is 1. The summed E-state index contributed by atoms with van der Waals surface area (Å²) in [6.07, 6.45) is 1.47. The first kappa shape index (κ1) is 29.7. The number of nitrogens with zero attached hydrogens (tertiary/aromatic N) is 1. The van der Waals surface area contributed by atoms with Crippen LogP contribution in [0.3, 0.4) is 0 Å². The van der Waals surface area contributed by atoms with Crippen LogP contribution in [0.15, 0.2) is 115 Å². The third kappa shape index (κ3) is 6.81. The largest absolute Gasteiger partial charge is 0.494 e. The van der Waals surface area contributed by atoms with Crippen LogP contribution in [0.5, 0.6) is 5.75 Å². The molecule has 0 aliphatic carbocycles. The second-order valence-electron chi connectivity index (χ2n) is 10.2. The van der Waals surface area contributed by atoms with Crippen molar-refractivity contribution in [1.29, 1.82) is 0 Å². The Morgan fingerprint density at radius 3 is 2.26 bits per heavy atom. The number of carbonyl (C=O) groups excluding carboxylic acids is 1. The highest BCUT2D eigenvalue weighted by Crippen LogP contribution is 2.43. The van der Waals surface area contributed by atoms with Crippen molar-refractivity contribution in [3.8, 4) is 16.9 Å². The minimum atomic E-state index is -1.44. The van der Waals surface area contributed by atoms with Gasteiger partial charge in [-0.15, -0.1) is 6.58 Å². The van der Waals surface area contributed by atoms with E-state index in [-0.39, 0.29) is 31.0 Å². The molecule has 1 aliphatic heterocycles. The van der Waals surface area contributed by atoms with Crippen LogP contribution in [0, 0.1) is 11.6 Å². The fourth-order valence-electron chi connectivity index (χ4n) is 5.06. The lowest BCUT2D eigenvalue weighted by Gasteiger charge is -2.30. The van der Waals surface area contributed by atoms with Gasteiger partial charge in [0.15, 0.2) is 11.6 Å². The first-order valence-electron chi connectivity index (χ1n) is 14.0. The number of hydrogen-bond donors (Lipinski definition) is 2. The summed E-state index contributed by atoms with van der Waals surface area (Å²) in [4.78, 5) is 18.8. The average molecular weight is 583 g/mol. The van der Waals surface area contributed by atoms with Gasteiger partial charge >= 0.3 is 0 Å². The lowest BCUT2D eigenvalue weighted by Crippen LogP contribution is -2.47. The molecule has 0 saturated heterocycles. The molecule has 5 rings (SSSR count). The summed E-state index contributed by atoms with van der Waals surface area (Å²) in [7, 11) is 0. The molecule has 0 bridgehead atoms. The van der Waals surface area contributed by atoms with E-state index < -0.39 is 29.2 Å². The molecule has 0 saturated carbocycles. The zero-order chi connectivity index (χ0) is 30.2. The van der Waals surface area contributed by atoms with Crippen molar-refractivity contribution < 1.29 is 28.2 Å². The number of nitrogens with one attached hydrogen (secondary N) is 1. The highest BCUT2D eigenvalue weighted by atomic mass is 19.1. The normalized spacial score (nSPS) is 17.6. The number of aliphatic hydroxyl groups excluding tert-OH is 1. The van der Waals surface area contributed by atoms with Gasteiger partial charge in [0.25, 0.3) is 5.91 Å². The molecule has 2 N–H and O–H groups in total. The minimum absolute atomic E-state index is 0.0397. The van der Waals surface area contributed by atoms with E-state index in [1.165, 1.54) is 12.1 Å². The molecule has 4 aromatic rings. The number of ether oxygens (including phenoxy) is 2. The van der Waals surface area contributed by atoms with Crippen molar-refractivity contribution in [2.45, 2.75) is 31.0 Å². The summed E-state index contributed by atoms with van der Waals surface area (Å²) in [5.74, 6) is -1.02. The summed E-state index contributed by atoms with van der Waals surface area (Å²) in [5, 5.41) is 11.8. The van der Waals surface area contributed by atoms with Crippen LogP contribution in [-0.4, -0.2) is 35.7 Å². The maximum Gasteiger partial charge on any atom is 0.252 e. The Morgan fingerprint density at radius 1 is 0.953 bits per heavy atom. The van der Waals surface area contributed by atoms with Crippen LogP contribution < -0.4 is 10.1 Å². The monoisotopic (exact) mass is 582 g/mol. The van der Waals surface area contributed by atoms with Crippen LogP contribution in [0.25, 0.3) is 11.1 Å². The number of halogens is 2. The van der Waals surface area contributed by atoms with E-state index in [1.54, 1.807) is 30.3 Å². The zero-order valence-corrected chi connectivity index (χ0v) is 23.5. The predicted octanol–water partition coefficient (Wildman–Crippen LogP) is 6.54. The fraction of sp³-hybridized carbons (Fsp3) is 0.200. The average Bonchev–Trinajstić information content (AvgIpc) is 3.41. The molecule has 1 aliphatic rings. The Labute approximate surface area is 249 Å². The van der Waals surface area contributed by atoms with Crippen LogP contribution in [0.4, 0.5) is 8.78 Å². The molecular weight excluding hydrogens is 550 g/mol. The van der Waals surface area contributed by atoms with Crippen LogP contribution in [0.2, 0.25) is 0 Å². The summed E-state index contributed by atoms with van der Waals surface area (Å²) in [5.41, 5.74) is 2.28. The Morgan fingerprint density at radius 2 is 1.60 bits per heavy atom. The van der Waals surface area contributed by atoms with Crippen molar-refractivity contribution in [3.63, 3.8) is 0 Å². The van der Waals surface area contributed by atoms with Gasteiger partial charge in [0, 0.05) is 37.6 Å². The number of aliphatic hydroxyl groups is 1. The molecule has 1 heterocycles. The molecule has 0 spiro atoms. The highest BCUT2D eigenvalue weighted by molar-refractivity contribution is 6.01. The second-order valence-corrected chi connectivity index (χ2v) is 10.2. The highest BCUT2D eigenvalue weighted by Gasteiger charge is 2.52. The third-order valence-corrected chi connectivity index (χ3v) is 7.18. The minimum Gasteiger partial charge on any atom is -0.494 e. The lowest BCUT2D eigenvalue weighted by atomic mass is 9.84. The molecule has 0 radical (unpaired) electrons. The molecule has 2 atom stereocenters. The van der Waals surface area contributed by atoms with Gasteiger partial charge in [-0.3, -0.25) is 4.79 Å². The van der Waals surface area contributed by atoms with Crippen molar-refractivity contribution in [3.05, 3.63) is 138 Å². The molecule has 0 fully saturated rings. The molecule has 8 heteroatoms. The molecule has 43 heavy (non-hydrogen) atoms. The van der Waals surface area contributed by atoms with Crippen LogP contribution in [0.1, 0.15) is 35.6 Å². The third-order valence-electron chi connectivity index (χ3n) is 7.18. The summed E-state index contributed by atoms with van der Waals surface area (Å²) < 4.78 is 39.7. The smallest absolute Gasteiger partial charge is 0.252 e. The van der Waals surface area contributed by atoms with Crippen LogP contribution in [-0.2, 0) is 16.1 Å². The molecular formula is C35H32F2N2O4. The van der Waals surface area contributed by atoms with E-state index >= 15 is 0 Å². The van der Waals surface area contributed by atoms with E-state index in [9.17, 15) is 13.6 Å². The van der Waals surface area contributed by atoms with Gasteiger partial charge < -0.3 is 19.9 Å². The Bertz CT molecular complexity index is 1570. The zero-order valence-electron chi connectivity index (χ0n) is 23.5. The van der Waals surface area contributed by atoms with Gasteiger partial charge in [-0.25, -0.2) is 13.8 Å². The second kappa shape index (κ2) is 13.4. The van der Waals surface area contributed by atoms with Gasteiger partial charge in [-0.05, 0) is 58.7 Å². The van der Waals surface area contributed by atoms with E-state index in [1.807, 2.05) is 54.6 Å². The maximum absolute atomic E-state index is 14.0. The van der Waals surface area contributed by atoms with E-state index in [0.29, 0.717) is 24.3 Å². The Hall–Kier alpha value is -4.82. The van der Waals surface area contributed by atoms with Crippen molar-refractivity contribution in [1.82, 2.24) is 5.32 Å². The van der Waals surface area contributed by atoms with Crippen LogP contribution >= 0.6 is 0 Å². The molecule has 4 aromatic carbocycles. The lowest BCUT2D eigenvalue weighted by molar-refractivity contribution is -0.129. The molecule has 0 unspecified atom stereocenters. The number of amides is 1. The number of rotatable bonds is 12. The van der Waals surface area contributed by atoms with Gasteiger partial charge in [-0.1, -0.05) is 60.7 Å². The van der Waals surface area contributed by atoms with Gasteiger partial charge in [-0.2, -0.15) is 0 Å². The topological polar surface area (TPSA) is 80.2 Å². The van der Waals surface area contributed by atoms with E-state index in [2.05, 4.69) is 11.9 Å². The first-order chi connectivity index (χ1) is 20.9. The molecule has 1 amide bonds. The van der Waals surface area contributed by atoms with Crippen molar-refractivity contribution >= 4 is 11.8 Å². The standard InChI is InChI=1S/C35H32F2N2O4/c1-2-17-35(34(41)38-23-24-20-29(36)22-30(37)21-24)32(27-11-9-26(10-12-27)25-7-4-3-5-8-25)43-33(39-35)28-13-15-31(16-14-28)42-19-6-18-40/h2-5,7-16,20-22,32,40H,1,6,17-19,23H2,(H,38,41)/t32-,35-/m1/s1. The number of carbonyl (C=O) groups is 1. The molecule has 0 aromatic heterocycles. The molecule has 220 valence electrons. The molecule has 6 nitrogen and oxygen atoms in total. The predicted molar refractivity (Wildman–Crippen MR) is 162 cm³/mol. The van der Waals surface area contributed by atoms with E-state index in [0.717, 1.165) is 22.8 Å². The quantitative estimate of drug-likeness (QED) is 0.147. The number of benzene rings is 4. The SMILES string of the molecule is C=CC[C@@]1(C(=O)NCc2cc(F)cc(F)c2)N=C(c2ccc(OCCCO)cc2)O[C@@H]1c1ccc(-c2ccccc2)cc1. The van der Waals surface area contributed by atoms with Gasteiger partial charge in [0.2, 0.25) is 5.90 Å². The summed E-state index contributed by atoms with van der Waals surface area (Å²) in [6.45, 7) is 4.20. The summed E-state index contributed by atoms with van der Waals surface area (Å²) in [6, 6.07) is 28.0. The van der Waals surface area contributed by atoms with Gasteiger partial charge in [0.1, 0.15) is 17.4 Å². The Balaban J connectivity index is 1.48. The summed E-state index contributed by atoms with van der Waals surface area (Å²) >= 11 is 0. The van der Waals surface area contributed by atoms with Crippen molar-refractivity contribution in [2.24, 2.45) is 4.99 Å². The van der Waals surface area contributed by atoms with E-state index in [4.69, 9.17) is 19.6 Å². The first-order valence-corrected chi connectivity index (χ1v) is 14.0. The fourth-order valence-corrected chi connectivity index (χ4v) is 5.06. The maximum atomic E-state index is 14.0. The Kier molecular flexibility index (Phi) is 9.27. The number of hydrogen-bond acceptors (Lipinski definition) is 5.